The SMILES string of the molecule is CC(C)(C)c1cc(N2C=C(C(C)(C)c3ccccc3)N(c3cccc(Oc4cc(C(C)(C)C)c5c6ccccc6n(-c6cc(C(C)(C)c7ccccc7)ccn6)c5c4)c3)C2)cc(C(C)(C)C)c1. The second-order valence-electron chi connectivity index (χ2n) is 22.8. The molecule has 0 atom stereocenters. The number of hydrogen-bond donors (Lipinski definition) is 0. The van der Waals surface area contributed by atoms with Gasteiger partial charge in [-0.2, -0.15) is 0 Å². The number of aromatic nitrogens is 2. The van der Waals surface area contributed by atoms with Crippen LogP contribution in [0.15, 0.2) is 170 Å². The molecule has 0 unspecified atom stereocenters. The van der Waals surface area contributed by atoms with Crippen molar-refractivity contribution in [3.8, 4) is 17.3 Å². The van der Waals surface area contributed by atoms with Crippen molar-refractivity contribution in [2.45, 2.75) is 117 Å². The summed E-state index contributed by atoms with van der Waals surface area (Å²) >= 11 is 0. The molecule has 1 aliphatic rings. The molecule has 5 heteroatoms. The number of pyridine rings is 1. The van der Waals surface area contributed by atoms with Crippen molar-refractivity contribution in [3.05, 3.63) is 203 Å². The molecule has 67 heavy (non-hydrogen) atoms. The van der Waals surface area contributed by atoms with Crippen LogP contribution in [-0.4, -0.2) is 16.2 Å². The summed E-state index contributed by atoms with van der Waals surface area (Å²) in [4.78, 5) is 9.97. The second-order valence-corrected chi connectivity index (χ2v) is 22.8. The molecule has 1 aliphatic heterocycles. The smallest absolute Gasteiger partial charge is 0.137 e. The molecule has 0 saturated heterocycles. The first-order valence-electron chi connectivity index (χ1n) is 24.0. The molecule has 0 bridgehead atoms. The summed E-state index contributed by atoms with van der Waals surface area (Å²) in [6.07, 6.45) is 4.33. The molecule has 2 aromatic heterocycles. The van der Waals surface area contributed by atoms with Crippen LogP contribution < -0.4 is 14.5 Å². The van der Waals surface area contributed by atoms with Crippen LogP contribution in [0.25, 0.3) is 27.6 Å². The monoisotopic (exact) mass is 885 g/mol. The number of fused-ring (bicyclic) bond motifs is 3. The number of rotatable bonds is 9. The van der Waals surface area contributed by atoms with Gasteiger partial charge in [0.1, 0.15) is 17.3 Å². The maximum Gasteiger partial charge on any atom is 0.137 e. The Morgan fingerprint density at radius 1 is 0.463 bits per heavy atom. The Bertz CT molecular complexity index is 3100. The molecule has 5 nitrogen and oxygen atoms in total. The zero-order chi connectivity index (χ0) is 47.7. The first-order chi connectivity index (χ1) is 31.6. The summed E-state index contributed by atoms with van der Waals surface area (Å²) < 4.78 is 9.40. The molecule has 0 aliphatic carbocycles. The van der Waals surface area contributed by atoms with E-state index in [0.717, 1.165) is 34.0 Å². The minimum absolute atomic E-state index is 0.00100. The summed E-state index contributed by atoms with van der Waals surface area (Å²) in [6, 6.07) is 55.0. The van der Waals surface area contributed by atoms with E-state index >= 15 is 0 Å². The van der Waals surface area contributed by atoms with E-state index in [9.17, 15) is 0 Å². The number of nitrogens with zero attached hydrogens (tertiary/aromatic N) is 4. The predicted octanol–water partition coefficient (Wildman–Crippen LogP) is 16.3. The summed E-state index contributed by atoms with van der Waals surface area (Å²) in [6.45, 7) is 30.7. The molecule has 8 aromatic rings. The highest BCUT2D eigenvalue weighted by Crippen LogP contribution is 2.45. The molecule has 3 heterocycles. The Morgan fingerprint density at radius 3 is 1.70 bits per heavy atom. The molecule has 0 fully saturated rings. The van der Waals surface area contributed by atoms with Crippen molar-refractivity contribution in [1.82, 2.24) is 9.55 Å². The van der Waals surface area contributed by atoms with Gasteiger partial charge < -0.3 is 14.5 Å². The molecule has 0 amide bonds. The fraction of sp³-hybridized carbons (Fsp3) is 0.306. The van der Waals surface area contributed by atoms with E-state index in [1.807, 2.05) is 6.20 Å². The molecule has 6 aromatic carbocycles. The van der Waals surface area contributed by atoms with E-state index in [1.54, 1.807) is 0 Å². The van der Waals surface area contributed by atoms with Gasteiger partial charge in [0, 0.05) is 63.2 Å². The molecule has 342 valence electrons. The lowest BCUT2D eigenvalue weighted by molar-refractivity contribution is 0.479. The number of anilines is 2. The van der Waals surface area contributed by atoms with Crippen LogP contribution in [-0.2, 0) is 27.1 Å². The van der Waals surface area contributed by atoms with Crippen molar-refractivity contribution >= 4 is 33.2 Å². The molecule has 0 saturated carbocycles. The van der Waals surface area contributed by atoms with Crippen LogP contribution in [0, 0.1) is 0 Å². The van der Waals surface area contributed by atoms with Gasteiger partial charge in [0.15, 0.2) is 0 Å². The molecule has 0 spiro atoms. The quantitative estimate of drug-likeness (QED) is 0.145. The van der Waals surface area contributed by atoms with Gasteiger partial charge in [0.05, 0.1) is 17.7 Å². The summed E-state index contributed by atoms with van der Waals surface area (Å²) in [5.74, 6) is 2.45. The lowest BCUT2D eigenvalue weighted by atomic mass is 9.78. The van der Waals surface area contributed by atoms with Gasteiger partial charge in [-0.15, -0.1) is 0 Å². The van der Waals surface area contributed by atoms with Crippen molar-refractivity contribution in [2.24, 2.45) is 0 Å². The number of ether oxygens (including phenoxy) is 1. The number of benzene rings is 6. The second kappa shape index (κ2) is 16.6. The zero-order valence-corrected chi connectivity index (χ0v) is 42.0. The van der Waals surface area contributed by atoms with E-state index in [-0.39, 0.29) is 27.1 Å². The molecular formula is C62H68N4O. The van der Waals surface area contributed by atoms with Gasteiger partial charge in [0.25, 0.3) is 0 Å². The zero-order valence-electron chi connectivity index (χ0n) is 42.0. The Labute approximate surface area is 399 Å². The average Bonchev–Trinajstić information content (AvgIpc) is 3.90. The molecule has 0 N–H and O–H groups in total. The summed E-state index contributed by atoms with van der Waals surface area (Å²) in [7, 11) is 0. The minimum Gasteiger partial charge on any atom is -0.457 e. The van der Waals surface area contributed by atoms with Crippen LogP contribution in [0.5, 0.6) is 11.5 Å². The van der Waals surface area contributed by atoms with E-state index in [0.29, 0.717) is 6.67 Å². The number of allylic oxidation sites excluding steroid dienone is 1. The maximum atomic E-state index is 7.08. The third-order valence-corrected chi connectivity index (χ3v) is 14.1. The van der Waals surface area contributed by atoms with E-state index in [2.05, 4.69) is 262 Å². The molecule has 9 rings (SSSR count). The van der Waals surface area contributed by atoms with Crippen molar-refractivity contribution in [1.29, 1.82) is 0 Å². The Morgan fingerprint density at radius 2 is 1.07 bits per heavy atom. The van der Waals surface area contributed by atoms with E-state index < -0.39 is 0 Å². The van der Waals surface area contributed by atoms with Gasteiger partial charge in [-0.25, -0.2) is 4.98 Å². The Hall–Kier alpha value is -6.59. The Kier molecular flexibility index (Phi) is 11.3. The van der Waals surface area contributed by atoms with Crippen molar-refractivity contribution in [3.63, 3.8) is 0 Å². The average molecular weight is 885 g/mol. The third kappa shape index (κ3) is 8.66. The first-order valence-corrected chi connectivity index (χ1v) is 24.0. The van der Waals surface area contributed by atoms with E-state index in [1.165, 1.54) is 55.5 Å². The van der Waals surface area contributed by atoms with Crippen molar-refractivity contribution in [2.75, 3.05) is 16.5 Å². The van der Waals surface area contributed by atoms with Crippen LogP contribution >= 0.6 is 0 Å². The van der Waals surface area contributed by atoms with Crippen LogP contribution in [0.4, 0.5) is 11.4 Å². The maximum absolute atomic E-state index is 7.08. The molecule has 0 radical (unpaired) electrons. The van der Waals surface area contributed by atoms with E-state index in [4.69, 9.17) is 9.72 Å². The van der Waals surface area contributed by atoms with Gasteiger partial charge in [-0.3, -0.25) is 4.57 Å². The van der Waals surface area contributed by atoms with Gasteiger partial charge in [0.2, 0.25) is 0 Å². The third-order valence-electron chi connectivity index (χ3n) is 14.1. The van der Waals surface area contributed by atoms with Gasteiger partial charge in [-0.05, 0) is 98.2 Å². The number of para-hydroxylation sites is 1. The highest BCUT2D eigenvalue weighted by molar-refractivity contribution is 6.11. The van der Waals surface area contributed by atoms with Crippen LogP contribution in [0.2, 0.25) is 0 Å². The minimum atomic E-state index is -0.303. The summed E-state index contributed by atoms with van der Waals surface area (Å²) in [5.41, 5.74) is 12.6. The van der Waals surface area contributed by atoms with Crippen molar-refractivity contribution < 1.29 is 4.74 Å². The standard InChI is InChI=1S/C62H68N4O/c1-58(2,3)45-33-46(59(4,5)6)35-48(34-45)64-40-55(62(12,13)43-25-18-15-19-26-43)65(41-64)47-27-22-28-49(37-47)67-50-38-52(60(7,8)9)57-51-29-20-21-30-53(51)66(54(57)39-50)56-36-44(31-32-63-56)61(10,11)42-23-16-14-17-24-42/h14-40H,41H2,1-13H3. The lowest BCUT2D eigenvalue weighted by Gasteiger charge is -2.34. The lowest BCUT2D eigenvalue weighted by Crippen LogP contribution is -2.34. The first kappa shape index (κ1) is 45.6. The van der Waals surface area contributed by atoms with Gasteiger partial charge >= 0.3 is 0 Å². The number of hydrogen-bond acceptors (Lipinski definition) is 4. The summed E-state index contributed by atoms with van der Waals surface area (Å²) in [5, 5.41) is 2.42. The Balaban J connectivity index is 1.15. The topological polar surface area (TPSA) is 33.5 Å². The largest absolute Gasteiger partial charge is 0.457 e. The molecular weight excluding hydrogens is 817 g/mol. The van der Waals surface area contributed by atoms with Gasteiger partial charge in [-0.1, -0.05) is 181 Å². The highest BCUT2D eigenvalue weighted by atomic mass is 16.5. The van der Waals surface area contributed by atoms with Crippen LogP contribution in [0.3, 0.4) is 0 Å². The van der Waals surface area contributed by atoms with Crippen LogP contribution in [0.1, 0.15) is 123 Å². The highest BCUT2D eigenvalue weighted by Gasteiger charge is 2.37. The normalized spacial score (nSPS) is 14.0. The fourth-order valence-electron chi connectivity index (χ4n) is 9.78. The predicted molar refractivity (Wildman–Crippen MR) is 284 cm³/mol. The fourth-order valence-corrected chi connectivity index (χ4v) is 9.78.